The summed E-state index contributed by atoms with van der Waals surface area (Å²) in [5.74, 6) is 0. The summed E-state index contributed by atoms with van der Waals surface area (Å²) in [7, 11) is -4.32. The summed E-state index contributed by atoms with van der Waals surface area (Å²) < 4.78 is 32.6. The molecule has 2 aromatic carbocycles. The Bertz CT molecular complexity index is 907. The fraction of sp³-hybridized carbons (Fsp3) is 0. The second-order valence-corrected chi connectivity index (χ2v) is 5.61. The van der Waals surface area contributed by atoms with Gasteiger partial charge in [0.15, 0.2) is 0 Å². The SMILES string of the molecule is C=Cc1ccc2c([nH]c3ccccc32)c1S(=O)(=O)O. The molecule has 0 aliphatic carbocycles. The molecular weight excluding hydrogens is 262 g/mol. The average Bonchev–Trinajstić information content (AvgIpc) is 2.74. The average molecular weight is 273 g/mol. The third-order valence-corrected chi connectivity index (χ3v) is 4.10. The number of benzene rings is 2. The van der Waals surface area contributed by atoms with Gasteiger partial charge in [0.25, 0.3) is 10.1 Å². The van der Waals surface area contributed by atoms with Gasteiger partial charge >= 0.3 is 0 Å². The number of aromatic nitrogens is 1. The Labute approximate surface area is 110 Å². The lowest BCUT2D eigenvalue weighted by molar-refractivity contribution is 0.484. The molecule has 0 saturated carbocycles. The number of hydrogen-bond donors (Lipinski definition) is 2. The first-order valence-electron chi connectivity index (χ1n) is 5.65. The standard InChI is InChI=1S/C14H11NO3S/c1-2-9-7-8-11-10-5-3-4-6-12(10)15-13(11)14(9)19(16,17)18/h2-8,15H,1H2,(H,16,17,18). The van der Waals surface area contributed by atoms with E-state index in [2.05, 4.69) is 11.6 Å². The van der Waals surface area contributed by atoms with E-state index in [0.29, 0.717) is 11.1 Å². The van der Waals surface area contributed by atoms with Gasteiger partial charge < -0.3 is 4.98 Å². The summed E-state index contributed by atoms with van der Waals surface area (Å²) >= 11 is 0. The van der Waals surface area contributed by atoms with Crippen LogP contribution in [0.4, 0.5) is 0 Å². The molecule has 0 amide bonds. The second-order valence-electron chi connectivity index (χ2n) is 4.26. The summed E-state index contributed by atoms with van der Waals surface area (Å²) in [6.07, 6.45) is 1.41. The van der Waals surface area contributed by atoms with E-state index in [-0.39, 0.29) is 4.90 Å². The number of fused-ring (bicyclic) bond motifs is 3. The first-order valence-corrected chi connectivity index (χ1v) is 7.10. The van der Waals surface area contributed by atoms with Crippen molar-refractivity contribution in [3.05, 3.63) is 48.5 Å². The van der Waals surface area contributed by atoms with Gasteiger partial charge in [0.1, 0.15) is 4.90 Å². The Morgan fingerprint density at radius 3 is 2.53 bits per heavy atom. The highest BCUT2D eigenvalue weighted by Crippen LogP contribution is 2.32. The smallest absolute Gasteiger partial charge is 0.297 e. The van der Waals surface area contributed by atoms with Gasteiger partial charge in [-0.1, -0.05) is 43.0 Å². The van der Waals surface area contributed by atoms with Crippen LogP contribution in [0.5, 0.6) is 0 Å². The fourth-order valence-electron chi connectivity index (χ4n) is 2.35. The predicted octanol–water partition coefficient (Wildman–Crippen LogP) is 3.21. The Hall–Kier alpha value is -2.11. The van der Waals surface area contributed by atoms with Gasteiger partial charge in [-0.2, -0.15) is 8.42 Å². The molecule has 2 N–H and O–H groups in total. The number of nitrogens with one attached hydrogen (secondary N) is 1. The van der Waals surface area contributed by atoms with Crippen LogP contribution in [0.3, 0.4) is 0 Å². The van der Waals surface area contributed by atoms with Crippen molar-refractivity contribution in [3.63, 3.8) is 0 Å². The van der Waals surface area contributed by atoms with Gasteiger partial charge in [-0.15, -0.1) is 0 Å². The van der Waals surface area contributed by atoms with Crippen molar-refractivity contribution in [1.82, 2.24) is 4.98 Å². The normalized spacial score (nSPS) is 12.1. The third-order valence-electron chi connectivity index (χ3n) is 3.14. The van der Waals surface area contributed by atoms with Crippen LogP contribution in [-0.4, -0.2) is 18.0 Å². The van der Waals surface area contributed by atoms with Crippen molar-refractivity contribution in [2.45, 2.75) is 4.90 Å². The summed E-state index contributed by atoms with van der Waals surface area (Å²) in [6.45, 7) is 3.58. The zero-order valence-corrected chi connectivity index (χ0v) is 10.7. The second kappa shape index (κ2) is 3.94. The molecule has 19 heavy (non-hydrogen) atoms. The Kier molecular flexibility index (Phi) is 2.48. The van der Waals surface area contributed by atoms with Crippen molar-refractivity contribution in [2.24, 2.45) is 0 Å². The Morgan fingerprint density at radius 2 is 1.84 bits per heavy atom. The molecule has 3 aromatic rings. The largest absolute Gasteiger partial charge is 0.353 e. The quantitative estimate of drug-likeness (QED) is 0.704. The summed E-state index contributed by atoms with van der Waals surface area (Å²) in [5, 5.41) is 1.67. The van der Waals surface area contributed by atoms with E-state index >= 15 is 0 Å². The van der Waals surface area contributed by atoms with Crippen molar-refractivity contribution in [3.8, 4) is 0 Å². The number of hydrogen-bond acceptors (Lipinski definition) is 2. The number of para-hydroxylation sites is 1. The molecule has 0 spiro atoms. The van der Waals surface area contributed by atoms with E-state index in [1.54, 1.807) is 6.07 Å². The van der Waals surface area contributed by atoms with Gasteiger partial charge in [0.2, 0.25) is 0 Å². The van der Waals surface area contributed by atoms with Crippen LogP contribution in [-0.2, 0) is 10.1 Å². The van der Waals surface area contributed by atoms with Gasteiger partial charge in [-0.05, 0) is 11.6 Å². The van der Waals surface area contributed by atoms with Crippen LogP contribution in [0, 0.1) is 0 Å². The molecule has 1 heterocycles. The number of aromatic amines is 1. The molecule has 4 nitrogen and oxygen atoms in total. The van der Waals surface area contributed by atoms with E-state index < -0.39 is 10.1 Å². The summed E-state index contributed by atoms with van der Waals surface area (Å²) in [5.41, 5.74) is 1.60. The molecule has 96 valence electrons. The van der Waals surface area contributed by atoms with Crippen molar-refractivity contribution < 1.29 is 13.0 Å². The van der Waals surface area contributed by atoms with E-state index in [0.717, 1.165) is 16.3 Å². The van der Waals surface area contributed by atoms with Crippen LogP contribution >= 0.6 is 0 Å². The minimum Gasteiger partial charge on any atom is -0.353 e. The monoisotopic (exact) mass is 273 g/mol. The van der Waals surface area contributed by atoms with E-state index in [1.165, 1.54) is 6.08 Å². The molecule has 3 rings (SSSR count). The molecule has 0 atom stereocenters. The summed E-state index contributed by atoms with van der Waals surface area (Å²) in [6, 6.07) is 11.0. The molecule has 0 fully saturated rings. The highest BCUT2D eigenvalue weighted by molar-refractivity contribution is 7.86. The number of H-pyrrole nitrogens is 1. The molecule has 1 aromatic heterocycles. The molecule has 0 saturated heterocycles. The third kappa shape index (κ3) is 1.75. The van der Waals surface area contributed by atoms with E-state index in [9.17, 15) is 13.0 Å². The van der Waals surface area contributed by atoms with Crippen LogP contribution < -0.4 is 0 Å². The van der Waals surface area contributed by atoms with Crippen LogP contribution in [0.15, 0.2) is 47.9 Å². The highest BCUT2D eigenvalue weighted by atomic mass is 32.2. The lowest BCUT2D eigenvalue weighted by Gasteiger charge is -2.04. The van der Waals surface area contributed by atoms with Crippen LogP contribution in [0.25, 0.3) is 27.9 Å². The first-order chi connectivity index (χ1) is 9.02. The maximum absolute atomic E-state index is 11.6. The number of rotatable bonds is 2. The van der Waals surface area contributed by atoms with Crippen molar-refractivity contribution in [1.29, 1.82) is 0 Å². The van der Waals surface area contributed by atoms with Gasteiger partial charge in [-0.3, -0.25) is 4.55 Å². The Morgan fingerprint density at radius 1 is 1.11 bits per heavy atom. The molecule has 0 bridgehead atoms. The lowest BCUT2D eigenvalue weighted by Crippen LogP contribution is -2.01. The van der Waals surface area contributed by atoms with Crippen molar-refractivity contribution >= 4 is 38.0 Å². The lowest BCUT2D eigenvalue weighted by atomic mass is 10.1. The maximum atomic E-state index is 11.6. The topological polar surface area (TPSA) is 70.2 Å². The van der Waals surface area contributed by atoms with Gasteiger partial charge in [0, 0.05) is 16.3 Å². The molecule has 0 unspecified atom stereocenters. The summed E-state index contributed by atoms with van der Waals surface area (Å²) in [4.78, 5) is 2.91. The zero-order valence-electron chi connectivity index (χ0n) is 9.92. The highest BCUT2D eigenvalue weighted by Gasteiger charge is 2.20. The fourth-order valence-corrected chi connectivity index (χ4v) is 3.22. The van der Waals surface area contributed by atoms with Crippen LogP contribution in [0.1, 0.15) is 5.56 Å². The van der Waals surface area contributed by atoms with Gasteiger partial charge in [0.05, 0.1) is 5.52 Å². The van der Waals surface area contributed by atoms with E-state index in [1.807, 2.05) is 30.3 Å². The van der Waals surface area contributed by atoms with Gasteiger partial charge in [-0.25, -0.2) is 0 Å². The minimum atomic E-state index is -4.32. The van der Waals surface area contributed by atoms with Crippen LogP contribution in [0.2, 0.25) is 0 Å². The molecule has 0 aliphatic heterocycles. The Balaban J connectivity index is 2.60. The minimum absolute atomic E-state index is 0.129. The predicted molar refractivity (Wildman–Crippen MR) is 75.7 cm³/mol. The maximum Gasteiger partial charge on any atom is 0.297 e. The van der Waals surface area contributed by atoms with E-state index in [4.69, 9.17) is 0 Å². The molecule has 0 aliphatic rings. The van der Waals surface area contributed by atoms with Crippen molar-refractivity contribution in [2.75, 3.05) is 0 Å². The molecule has 5 heteroatoms. The zero-order chi connectivity index (χ0) is 13.6. The molecule has 0 radical (unpaired) electrons. The first kappa shape index (κ1) is 12.0. The molecular formula is C14H11NO3S.